The van der Waals surface area contributed by atoms with Crippen molar-refractivity contribution in [1.29, 1.82) is 0 Å². The molecule has 7 heteroatoms. The summed E-state index contributed by atoms with van der Waals surface area (Å²) < 4.78 is 2.23. The molecule has 0 radical (unpaired) electrons. The van der Waals surface area contributed by atoms with Crippen LogP contribution in [0.2, 0.25) is 5.02 Å². The van der Waals surface area contributed by atoms with E-state index in [4.69, 9.17) is 11.6 Å². The van der Waals surface area contributed by atoms with Crippen molar-refractivity contribution in [2.45, 2.75) is 58.5 Å². The van der Waals surface area contributed by atoms with Gasteiger partial charge in [-0.25, -0.2) is 4.98 Å². The van der Waals surface area contributed by atoms with Gasteiger partial charge in [0.1, 0.15) is 5.65 Å². The van der Waals surface area contributed by atoms with Crippen LogP contribution < -0.4 is 0 Å². The van der Waals surface area contributed by atoms with Gasteiger partial charge in [-0.1, -0.05) is 23.7 Å². The molecule has 2 aliphatic rings. The molecule has 3 heterocycles. The summed E-state index contributed by atoms with van der Waals surface area (Å²) in [5, 5.41) is 11.3. The quantitative estimate of drug-likeness (QED) is 0.539. The van der Waals surface area contributed by atoms with Crippen LogP contribution in [0, 0.1) is 11.3 Å². The van der Waals surface area contributed by atoms with Gasteiger partial charge in [-0.05, 0) is 80.3 Å². The molecule has 1 amide bonds. The number of nitrogens with zero attached hydrogens (tertiary/aromatic N) is 3. The minimum Gasteiger partial charge on any atom is -0.481 e. The Morgan fingerprint density at radius 2 is 2.00 bits per heavy atom. The second-order valence-corrected chi connectivity index (χ2v) is 10.5. The van der Waals surface area contributed by atoms with Crippen LogP contribution in [0.5, 0.6) is 0 Å². The fourth-order valence-corrected chi connectivity index (χ4v) is 5.78. The molecule has 1 aromatic carbocycles. The number of carboxylic acids is 1. The summed E-state index contributed by atoms with van der Waals surface area (Å²) in [6.45, 7) is 3.76. The molecule has 0 unspecified atom stereocenters. The first-order chi connectivity index (χ1) is 16.3. The van der Waals surface area contributed by atoms with Crippen LogP contribution >= 0.6 is 11.6 Å². The SMILES string of the molecule is C[C@]1(C(=O)O)CC[C@H](CC(=O)N2CCc3c(n(Cc4cccc(Cl)c4)c4ncccc34)C2)CC1. The van der Waals surface area contributed by atoms with Crippen molar-refractivity contribution < 1.29 is 14.7 Å². The standard InChI is InChI=1S/C27H30ClN3O3/c1-27(26(33)34)10-7-18(8-11-27)15-24(32)30-13-9-21-22-6-3-12-29-25(22)31(23(21)17-30)16-19-4-2-5-20(28)14-19/h2-6,12,14,18H,7-11,13,15-17H2,1H3,(H,33,34)/t18-,27-. The van der Waals surface area contributed by atoms with Gasteiger partial charge in [0.25, 0.3) is 0 Å². The lowest BCUT2D eigenvalue weighted by Gasteiger charge is -2.35. The Labute approximate surface area is 204 Å². The van der Waals surface area contributed by atoms with Crippen molar-refractivity contribution in [3.8, 4) is 0 Å². The van der Waals surface area contributed by atoms with E-state index in [1.807, 2.05) is 42.3 Å². The summed E-state index contributed by atoms with van der Waals surface area (Å²) >= 11 is 6.23. The van der Waals surface area contributed by atoms with Crippen molar-refractivity contribution in [3.63, 3.8) is 0 Å². The van der Waals surface area contributed by atoms with Crippen LogP contribution in [0.4, 0.5) is 0 Å². The normalized spacial score (nSPS) is 22.5. The van der Waals surface area contributed by atoms with Crippen molar-refractivity contribution in [2.75, 3.05) is 6.54 Å². The molecule has 1 aliphatic carbocycles. The van der Waals surface area contributed by atoms with Gasteiger partial charge in [-0.15, -0.1) is 0 Å². The summed E-state index contributed by atoms with van der Waals surface area (Å²) in [7, 11) is 0. The van der Waals surface area contributed by atoms with E-state index in [0.717, 1.165) is 41.6 Å². The number of rotatable bonds is 5. The minimum atomic E-state index is -0.720. The minimum absolute atomic E-state index is 0.169. The van der Waals surface area contributed by atoms with Crippen LogP contribution in [0.15, 0.2) is 42.6 Å². The molecule has 1 N–H and O–H groups in total. The molecule has 5 rings (SSSR count). The van der Waals surface area contributed by atoms with Crippen molar-refractivity contribution in [1.82, 2.24) is 14.5 Å². The predicted molar refractivity (Wildman–Crippen MR) is 132 cm³/mol. The Balaban J connectivity index is 1.35. The first kappa shape index (κ1) is 22.9. The zero-order valence-corrected chi connectivity index (χ0v) is 20.2. The second-order valence-electron chi connectivity index (χ2n) is 10.1. The number of hydrogen-bond acceptors (Lipinski definition) is 3. The summed E-state index contributed by atoms with van der Waals surface area (Å²) in [4.78, 5) is 31.5. The molecule has 178 valence electrons. The Morgan fingerprint density at radius 3 is 2.74 bits per heavy atom. The van der Waals surface area contributed by atoms with E-state index in [-0.39, 0.29) is 11.8 Å². The largest absolute Gasteiger partial charge is 0.481 e. The monoisotopic (exact) mass is 479 g/mol. The summed E-state index contributed by atoms with van der Waals surface area (Å²) in [6.07, 6.45) is 6.01. The van der Waals surface area contributed by atoms with Crippen LogP contribution in [-0.2, 0) is 29.1 Å². The number of carboxylic acid groups (broad SMARTS) is 1. The van der Waals surface area contributed by atoms with E-state index >= 15 is 0 Å². The third-order valence-corrected chi connectivity index (χ3v) is 8.02. The van der Waals surface area contributed by atoms with Gasteiger partial charge in [0.15, 0.2) is 0 Å². The van der Waals surface area contributed by atoms with Gasteiger partial charge in [-0.2, -0.15) is 0 Å². The molecular formula is C27H30ClN3O3. The lowest BCUT2D eigenvalue weighted by atomic mass is 9.71. The van der Waals surface area contributed by atoms with E-state index < -0.39 is 11.4 Å². The highest BCUT2D eigenvalue weighted by atomic mass is 35.5. The Kier molecular flexibility index (Phi) is 6.11. The Hall–Kier alpha value is -2.86. The van der Waals surface area contributed by atoms with Gasteiger partial charge in [0.05, 0.1) is 12.0 Å². The van der Waals surface area contributed by atoms with Crippen LogP contribution in [0.25, 0.3) is 11.0 Å². The molecule has 0 saturated heterocycles. The van der Waals surface area contributed by atoms with Crippen LogP contribution in [0.3, 0.4) is 0 Å². The zero-order chi connectivity index (χ0) is 23.9. The van der Waals surface area contributed by atoms with Gasteiger partial charge < -0.3 is 14.6 Å². The highest BCUT2D eigenvalue weighted by Crippen LogP contribution is 2.40. The van der Waals surface area contributed by atoms with Crippen LogP contribution in [-0.4, -0.2) is 38.0 Å². The molecule has 1 saturated carbocycles. The fraction of sp³-hybridized carbons (Fsp3) is 0.444. The predicted octanol–water partition coefficient (Wildman–Crippen LogP) is 5.29. The van der Waals surface area contributed by atoms with Gasteiger partial charge >= 0.3 is 5.97 Å². The van der Waals surface area contributed by atoms with Crippen LogP contribution in [0.1, 0.15) is 55.8 Å². The number of halogens is 1. The number of pyridine rings is 1. The topological polar surface area (TPSA) is 75.4 Å². The maximum atomic E-state index is 13.3. The lowest BCUT2D eigenvalue weighted by molar-refractivity contribution is -0.150. The second kappa shape index (κ2) is 9.06. The fourth-order valence-electron chi connectivity index (χ4n) is 5.57. The molecular weight excluding hydrogens is 450 g/mol. The number of benzene rings is 1. The highest BCUT2D eigenvalue weighted by Gasteiger charge is 2.38. The molecule has 6 nitrogen and oxygen atoms in total. The molecule has 0 bridgehead atoms. The molecule has 2 aromatic heterocycles. The van der Waals surface area contributed by atoms with E-state index in [9.17, 15) is 14.7 Å². The van der Waals surface area contributed by atoms with Crippen molar-refractivity contribution in [3.05, 3.63) is 64.4 Å². The first-order valence-corrected chi connectivity index (χ1v) is 12.4. The smallest absolute Gasteiger partial charge is 0.309 e. The van der Waals surface area contributed by atoms with Gasteiger partial charge in [-0.3, -0.25) is 9.59 Å². The van der Waals surface area contributed by atoms with Gasteiger partial charge in [0.2, 0.25) is 5.91 Å². The molecule has 1 aliphatic heterocycles. The Bertz CT molecular complexity index is 1240. The zero-order valence-electron chi connectivity index (χ0n) is 19.5. The number of carbonyl (C=O) groups is 2. The number of aromatic nitrogens is 2. The summed E-state index contributed by atoms with van der Waals surface area (Å²) in [6, 6.07) is 12.0. The molecule has 34 heavy (non-hydrogen) atoms. The third kappa shape index (κ3) is 4.31. The number of hydrogen-bond donors (Lipinski definition) is 1. The average Bonchev–Trinajstić information content (AvgIpc) is 3.13. The van der Waals surface area contributed by atoms with E-state index in [2.05, 4.69) is 21.7 Å². The summed E-state index contributed by atoms with van der Waals surface area (Å²) in [5.41, 5.74) is 3.83. The van der Waals surface area contributed by atoms with E-state index in [1.54, 1.807) is 0 Å². The number of fused-ring (bicyclic) bond motifs is 3. The number of aliphatic carboxylic acids is 1. The highest BCUT2D eigenvalue weighted by molar-refractivity contribution is 6.30. The number of carbonyl (C=O) groups excluding carboxylic acids is 1. The van der Waals surface area contributed by atoms with Crippen molar-refractivity contribution >= 4 is 34.5 Å². The molecule has 0 spiro atoms. The molecule has 1 fully saturated rings. The summed E-state index contributed by atoms with van der Waals surface area (Å²) in [5.74, 6) is -0.288. The first-order valence-electron chi connectivity index (χ1n) is 12.0. The Morgan fingerprint density at radius 1 is 1.21 bits per heavy atom. The lowest BCUT2D eigenvalue weighted by Crippen LogP contribution is -2.39. The van der Waals surface area contributed by atoms with Crippen molar-refractivity contribution in [2.24, 2.45) is 11.3 Å². The number of amides is 1. The molecule has 3 aromatic rings. The molecule has 0 atom stereocenters. The maximum absolute atomic E-state index is 13.3. The third-order valence-electron chi connectivity index (χ3n) is 7.78. The van der Waals surface area contributed by atoms with E-state index in [0.29, 0.717) is 43.9 Å². The maximum Gasteiger partial charge on any atom is 0.309 e. The van der Waals surface area contributed by atoms with Gasteiger partial charge in [0, 0.05) is 41.8 Å². The van der Waals surface area contributed by atoms with E-state index in [1.165, 1.54) is 5.56 Å². The average molecular weight is 480 g/mol.